The van der Waals surface area contributed by atoms with Crippen LogP contribution in [0.1, 0.15) is 20.3 Å². The molecular formula is C12H17FN2O. The highest BCUT2D eigenvalue weighted by Crippen LogP contribution is 2.09. The Bertz CT molecular complexity index is 355. The summed E-state index contributed by atoms with van der Waals surface area (Å²) in [5.41, 5.74) is 0.482. The molecule has 0 aliphatic rings. The van der Waals surface area contributed by atoms with Crippen LogP contribution in [-0.2, 0) is 4.79 Å². The Kier molecular flexibility index (Phi) is 4.92. The van der Waals surface area contributed by atoms with Gasteiger partial charge in [0.15, 0.2) is 0 Å². The lowest BCUT2D eigenvalue weighted by Crippen LogP contribution is -2.38. The summed E-state index contributed by atoms with van der Waals surface area (Å²) in [6.07, 6.45) is 0.970. The summed E-state index contributed by atoms with van der Waals surface area (Å²) in [7, 11) is 0. The number of rotatable bonds is 5. The topological polar surface area (TPSA) is 41.1 Å². The highest BCUT2D eigenvalue weighted by atomic mass is 19.1. The van der Waals surface area contributed by atoms with E-state index < -0.39 is 0 Å². The first-order chi connectivity index (χ1) is 7.63. The van der Waals surface area contributed by atoms with Crippen molar-refractivity contribution in [2.24, 2.45) is 0 Å². The average Bonchev–Trinajstić information content (AvgIpc) is 2.25. The zero-order valence-corrected chi connectivity index (χ0v) is 9.59. The molecule has 1 rings (SSSR count). The maximum absolute atomic E-state index is 12.9. The number of halogens is 1. The third-order valence-electron chi connectivity index (χ3n) is 2.19. The van der Waals surface area contributed by atoms with Gasteiger partial charge < -0.3 is 10.6 Å². The summed E-state index contributed by atoms with van der Waals surface area (Å²) in [5, 5.41) is 5.71. The SMILES string of the molecule is CCCNC(C)C(=O)Nc1cccc(F)c1. The average molecular weight is 224 g/mol. The first-order valence-corrected chi connectivity index (χ1v) is 5.43. The minimum Gasteiger partial charge on any atom is -0.325 e. The molecule has 0 radical (unpaired) electrons. The second-order valence-electron chi connectivity index (χ2n) is 3.68. The molecule has 0 spiro atoms. The van der Waals surface area contributed by atoms with E-state index in [1.807, 2.05) is 6.92 Å². The predicted molar refractivity (Wildman–Crippen MR) is 62.8 cm³/mol. The van der Waals surface area contributed by atoms with Crippen molar-refractivity contribution in [1.29, 1.82) is 0 Å². The number of benzene rings is 1. The zero-order chi connectivity index (χ0) is 12.0. The summed E-state index contributed by atoms with van der Waals surface area (Å²) in [5.74, 6) is -0.508. The lowest BCUT2D eigenvalue weighted by atomic mass is 10.2. The normalized spacial score (nSPS) is 12.2. The fraction of sp³-hybridized carbons (Fsp3) is 0.417. The van der Waals surface area contributed by atoms with Gasteiger partial charge in [0.25, 0.3) is 0 Å². The Morgan fingerprint density at radius 3 is 2.88 bits per heavy atom. The van der Waals surface area contributed by atoms with E-state index in [0.717, 1.165) is 13.0 Å². The molecule has 3 nitrogen and oxygen atoms in total. The molecule has 1 unspecified atom stereocenters. The van der Waals surface area contributed by atoms with Crippen molar-refractivity contribution in [2.45, 2.75) is 26.3 Å². The minimum absolute atomic E-state index is 0.154. The van der Waals surface area contributed by atoms with Gasteiger partial charge in [-0.1, -0.05) is 13.0 Å². The second-order valence-corrected chi connectivity index (χ2v) is 3.68. The summed E-state index contributed by atoms with van der Waals surface area (Å²) < 4.78 is 12.9. The van der Waals surface area contributed by atoms with Gasteiger partial charge in [0.05, 0.1) is 6.04 Å². The van der Waals surface area contributed by atoms with Crippen LogP contribution in [0.4, 0.5) is 10.1 Å². The molecular weight excluding hydrogens is 207 g/mol. The lowest BCUT2D eigenvalue weighted by molar-refractivity contribution is -0.117. The quantitative estimate of drug-likeness (QED) is 0.804. The van der Waals surface area contributed by atoms with Crippen LogP contribution in [0.5, 0.6) is 0 Å². The molecule has 1 aromatic carbocycles. The molecule has 88 valence electrons. The van der Waals surface area contributed by atoms with Crippen LogP contribution in [-0.4, -0.2) is 18.5 Å². The van der Waals surface area contributed by atoms with Crippen molar-refractivity contribution < 1.29 is 9.18 Å². The Balaban J connectivity index is 2.50. The van der Waals surface area contributed by atoms with Gasteiger partial charge in [0, 0.05) is 5.69 Å². The van der Waals surface area contributed by atoms with Crippen LogP contribution in [0.25, 0.3) is 0 Å². The van der Waals surface area contributed by atoms with Crippen LogP contribution < -0.4 is 10.6 Å². The number of carbonyl (C=O) groups is 1. The lowest BCUT2D eigenvalue weighted by Gasteiger charge is -2.13. The second kappa shape index (κ2) is 6.23. The van der Waals surface area contributed by atoms with Gasteiger partial charge in [-0.15, -0.1) is 0 Å². The zero-order valence-electron chi connectivity index (χ0n) is 9.59. The maximum Gasteiger partial charge on any atom is 0.241 e. The molecule has 1 amide bonds. The van der Waals surface area contributed by atoms with Crippen LogP contribution in [0.3, 0.4) is 0 Å². The van der Waals surface area contributed by atoms with Gasteiger partial charge >= 0.3 is 0 Å². The van der Waals surface area contributed by atoms with Gasteiger partial charge in [0.2, 0.25) is 5.91 Å². The molecule has 0 heterocycles. The van der Waals surface area contributed by atoms with E-state index >= 15 is 0 Å². The molecule has 0 saturated heterocycles. The molecule has 1 aromatic rings. The van der Waals surface area contributed by atoms with Crippen molar-refractivity contribution in [3.8, 4) is 0 Å². The molecule has 0 bridgehead atoms. The van der Waals surface area contributed by atoms with Crippen molar-refractivity contribution in [3.05, 3.63) is 30.1 Å². The maximum atomic E-state index is 12.9. The predicted octanol–water partition coefficient (Wildman–Crippen LogP) is 2.15. The number of hydrogen-bond donors (Lipinski definition) is 2. The number of amides is 1. The summed E-state index contributed by atoms with van der Waals surface area (Å²) in [6, 6.07) is 5.59. The first-order valence-electron chi connectivity index (χ1n) is 5.43. The molecule has 1 atom stereocenters. The van der Waals surface area contributed by atoms with Gasteiger partial charge in [0.1, 0.15) is 5.82 Å². The van der Waals surface area contributed by atoms with Crippen LogP contribution in [0.2, 0.25) is 0 Å². The third kappa shape index (κ3) is 3.98. The smallest absolute Gasteiger partial charge is 0.241 e. The van der Waals surface area contributed by atoms with Crippen LogP contribution in [0.15, 0.2) is 24.3 Å². The van der Waals surface area contributed by atoms with E-state index in [1.165, 1.54) is 12.1 Å². The van der Waals surface area contributed by atoms with Gasteiger partial charge in [-0.2, -0.15) is 0 Å². The van der Waals surface area contributed by atoms with Crippen molar-refractivity contribution in [3.63, 3.8) is 0 Å². The van der Waals surface area contributed by atoms with Gasteiger partial charge in [-0.25, -0.2) is 4.39 Å². The molecule has 0 saturated carbocycles. The number of anilines is 1. The largest absolute Gasteiger partial charge is 0.325 e. The van der Waals surface area contributed by atoms with Gasteiger partial charge in [-0.05, 0) is 38.1 Å². The standard InChI is InChI=1S/C12H17FN2O/c1-3-7-14-9(2)12(16)15-11-6-4-5-10(13)8-11/h4-6,8-9,14H,3,7H2,1-2H3,(H,15,16). The Hall–Kier alpha value is -1.42. The molecule has 0 aliphatic heterocycles. The molecule has 0 aromatic heterocycles. The molecule has 4 heteroatoms. The molecule has 16 heavy (non-hydrogen) atoms. The summed E-state index contributed by atoms with van der Waals surface area (Å²) in [4.78, 5) is 11.6. The Morgan fingerprint density at radius 2 is 2.25 bits per heavy atom. The van der Waals surface area contributed by atoms with E-state index in [-0.39, 0.29) is 17.8 Å². The Labute approximate surface area is 95.0 Å². The summed E-state index contributed by atoms with van der Waals surface area (Å²) >= 11 is 0. The fourth-order valence-electron chi connectivity index (χ4n) is 1.27. The highest BCUT2D eigenvalue weighted by molar-refractivity contribution is 5.94. The number of carbonyl (C=O) groups excluding carboxylic acids is 1. The first kappa shape index (κ1) is 12.6. The van der Waals surface area contributed by atoms with E-state index in [9.17, 15) is 9.18 Å². The van der Waals surface area contributed by atoms with E-state index in [1.54, 1.807) is 19.1 Å². The van der Waals surface area contributed by atoms with E-state index in [0.29, 0.717) is 5.69 Å². The number of nitrogens with one attached hydrogen (secondary N) is 2. The highest BCUT2D eigenvalue weighted by Gasteiger charge is 2.11. The van der Waals surface area contributed by atoms with Crippen molar-refractivity contribution in [1.82, 2.24) is 5.32 Å². The van der Waals surface area contributed by atoms with Gasteiger partial charge in [-0.3, -0.25) is 4.79 Å². The summed E-state index contributed by atoms with van der Waals surface area (Å²) in [6.45, 7) is 4.60. The van der Waals surface area contributed by atoms with Crippen molar-refractivity contribution in [2.75, 3.05) is 11.9 Å². The molecule has 2 N–H and O–H groups in total. The van der Waals surface area contributed by atoms with E-state index in [2.05, 4.69) is 10.6 Å². The minimum atomic E-state index is -0.355. The third-order valence-corrected chi connectivity index (χ3v) is 2.19. The van der Waals surface area contributed by atoms with Crippen molar-refractivity contribution >= 4 is 11.6 Å². The van der Waals surface area contributed by atoms with E-state index in [4.69, 9.17) is 0 Å². The fourth-order valence-corrected chi connectivity index (χ4v) is 1.27. The number of hydrogen-bond acceptors (Lipinski definition) is 2. The Morgan fingerprint density at radius 1 is 1.50 bits per heavy atom. The van der Waals surface area contributed by atoms with Crippen LogP contribution >= 0.6 is 0 Å². The molecule has 0 aliphatic carbocycles. The monoisotopic (exact) mass is 224 g/mol. The van der Waals surface area contributed by atoms with Crippen LogP contribution in [0, 0.1) is 5.82 Å². The molecule has 0 fully saturated rings.